The van der Waals surface area contributed by atoms with Crippen molar-refractivity contribution in [3.05, 3.63) is 180 Å². The fraction of sp³-hybridized carbons (Fsp3) is 0.226. The van der Waals surface area contributed by atoms with Crippen molar-refractivity contribution in [3.8, 4) is 17.3 Å². The molecule has 0 spiro atoms. The van der Waals surface area contributed by atoms with Crippen LogP contribution in [0.4, 0.5) is 22.7 Å². The Morgan fingerprint density at radius 3 is 1.81 bits per heavy atom. The van der Waals surface area contributed by atoms with Crippen LogP contribution in [-0.4, -0.2) is 16.2 Å². The zero-order valence-electron chi connectivity index (χ0n) is 34.9. The molecule has 0 unspecified atom stereocenters. The Morgan fingerprint density at radius 2 is 1.10 bits per heavy atom. The molecule has 290 valence electrons. The summed E-state index contributed by atoms with van der Waals surface area (Å²) in [7, 11) is 0. The second-order valence-electron chi connectivity index (χ2n) is 18.2. The van der Waals surface area contributed by atoms with E-state index in [1.54, 1.807) is 0 Å². The van der Waals surface area contributed by atoms with E-state index in [0.29, 0.717) is 6.67 Å². The average molecular weight is 761 g/mol. The number of rotatable bonds is 7. The molecule has 3 heterocycles. The summed E-state index contributed by atoms with van der Waals surface area (Å²) in [6.45, 7) is 18.9. The SMILES string of the molecule is CC(C)(C)c1cccc(N2CN(c3cccc(Oc4ccc5c6c(C(C)(C)c7ccccc7)cccc6n(-c6cc(C(C)(C)C)ccn6)c5c4)c3)c3ccccc32)c1. The molecule has 2 aromatic heterocycles. The summed E-state index contributed by atoms with van der Waals surface area (Å²) in [5, 5.41) is 2.40. The van der Waals surface area contributed by atoms with Gasteiger partial charge in [0.2, 0.25) is 0 Å². The van der Waals surface area contributed by atoms with E-state index in [4.69, 9.17) is 9.72 Å². The molecule has 0 amide bonds. The largest absolute Gasteiger partial charge is 0.457 e. The van der Waals surface area contributed by atoms with Gasteiger partial charge in [-0.25, -0.2) is 4.98 Å². The van der Waals surface area contributed by atoms with Gasteiger partial charge < -0.3 is 14.5 Å². The van der Waals surface area contributed by atoms with Gasteiger partial charge in [0.25, 0.3) is 0 Å². The van der Waals surface area contributed by atoms with E-state index >= 15 is 0 Å². The minimum Gasteiger partial charge on any atom is -0.457 e. The summed E-state index contributed by atoms with van der Waals surface area (Å²) in [4.78, 5) is 9.77. The third kappa shape index (κ3) is 6.58. The summed E-state index contributed by atoms with van der Waals surface area (Å²) in [5.41, 5.74) is 11.7. The van der Waals surface area contributed by atoms with Gasteiger partial charge in [0.05, 0.1) is 22.4 Å². The molecule has 0 atom stereocenters. The van der Waals surface area contributed by atoms with Gasteiger partial charge in [0.1, 0.15) is 24.0 Å². The first-order chi connectivity index (χ1) is 27.8. The van der Waals surface area contributed by atoms with Crippen LogP contribution in [0.25, 0.3) is 27.6 Å². The molecule has 9 rings (SSSR count). The maximum Gasteiger partial charge on any atom is 0.137 e. The van der Waals surface area contributed by atoms with Gasteiger partial charge in [-0.1, -0.05) is 128 Å². The molecule has 0 N–H and O–H groups in total. The Labute approximate surface area is 343 Å². The molecule has 5 heteroatoms. The number of para-hydroxylation sites is 2. The second-order valence-corrected chi connectivity index (χ2v) is 18.2. The van der Waals surface area contributed by atoms with Crippen molar-refractivity contribution >= 4 is 44.6 Å². The highest BCUT2D eigenvalue weighted by molar-refractivity contribution is 6.11. The Balaban J connectivity index is 1.13. The summed E-state index contributed by atoms with van der Waals surface area (Å²) < 4.78 is 9.11. The molecule has 1 aliphatic heterocycles. The van der Waals surface area contributed by atoms with E-state index in [9.17, 15) is 0 Å². The van der Waals surface area contributed by atoms with Gasteiger partial charge in [0.15, 0.2) is 0 Å². The van der Waals surface area contributed by atoms with E-state index in [0.717, 1.165) is 34.0 Å². The molecule has 0 bridgehead atoms. The molecule has 0 aliphatic carbocycles. The lowest BCUT2D eigenvalue weighted by Crippen LogP contribution is -2.24. The quantitative estimate of drug-likeness (QED) is 0.162. The van der Waals surface area contributed by atoms with Crippen LogP contribution >= 0.6 is 0 Å². The average Bonchev–Trinajstić information content (AvgIpc) is 3.77. The molecule has 6 aromatic carbocycles. The Morgan fingerprint density at radius 1 is 0.500 bits per heavy atom. The fourth-order valence-corrected chi connectivity index (χ4v) is 8.54. The lowest BCUT2D eigenvalue weighted by molar-refractivity contribution is 0.483. The van der Waals surface area contributed by atoms with Crippen molar-refractivity contribution in [3.63, 3.8) is 0 Å². The molecule has 0 radical (unpaired) electrons. The van der Waals surface area contributed by atoms with E-state index < -0.39 is 0 Å². The van der Waals surface area contributed by atoms with Crippen LogP contribution in [0.2, 0.25) is 0 Å². The predicted octanol–water partition coefficient (Wildman–Crippen LogP) is 14.1. The predicted molar refractivity (Wildman–Crippen MR) is 243 cm³/mol. The molecule has 0 fully saturated rings. The van der Waals surface area contributed by atoms with Gasteiger partial charge >= 0.3 is 0 Å². The van der Waals surface area contributed by atoms with Crippen molar-refractivity contribution in [2.24, 2.45) is 0 Å². The van der Waals surface area contributed by atoms with Gasteiger partial charge in [-0.15, -0.1) is 0 Å². The van der Waals surface area contributed by atoms with Gasteiger partial charge in [-0.2, -0.15) is 0 Å². The van der Waals surface area contributed by atoms with Crippen LogP contribution in [0.5, 0.6) is 11.5 Å². The van der Waals surface area contributed by atoms with Gasteiger partial charge in [0, 0.05) is 45.9 Å². The van der Waals surface area contributed by atoms with E-state index in [1.165, 1.54) is 50.1 Å². The van der Waals surface area contributed by atoms with Crippen molar-refractivity contribution in [2.45, 2.75) is 71.6 Å². The molecular formula is C53H52N4O. The number of hydrogen-bond donors (Lipinski definition) is 0. The maximum atomic E-state index is 6.80. The monoisotopic (exact) mass is 760 g/mol. The van der Waals surface area contributed by atoms with Crippen LogP contribution in [0.3, 0.4) is 0 Å². The van der Waals surface area contributed by atoms with Crippen LogP contribution < -0.4 is 14.5 Å². The molecule has 8 aromatic rings. The molecule has 1 aliphatic rings. The number of anilines is 4. The van der Waals surface area contributed by atoms with Crippen LogP contribution in [0, 0.1) is 0 Å². The highest BCUT2D eigenvalue weighted by Gasteiger charge is 2.30. The summed E-state index contributed by atoms with van der Waals surface area (Å²) in [6, 6.07) is 54.5. The third-order valence-electron chi connectivity index (χ3n) is 11.9. The number of ether oxygens (including phenoxy) is 1. The summed E-state index contributed by atoms with van der Waals surface area (Å²) in [5.74, 6) is 2.45. The van der Waals surface area contributed by atoms with Crippen molar-refractivity contribution < 1.29 is 4.74 Å². The number of pyridine rings is 1. The van der Waals surface area contributed by atoms with Gasteiger partial charge in [-0.05, 0) is 99.8 Å². The van der Waals surface area contributed by atoms with Crippen molar-refractivity contribution in [1.82, 2.24) is 9.55 Å². The second kappa shape index (κ2) is 13.9. The lowest BCUT2D eigenvalue weighted by Gasteiger charge is -2.27. The minimum atomic E-state index is -0.241. The Bertz CT molecular complexity index is 2800. The Kier molecular flexibility index (Phi) is 8.96. The third-order valence-corrected chi connectivity index (χ3v) is 11.9. The first kappa shape index (κ1) is 37.3. The van der Waals surface area contributed by atoms with Crippen LogP contribution in [-0.2, 0) is 16.2 Å². The van der Waals surface area contributed by atoms with Gasteiger partial charge in [-0.3, -0.25) is 4.57 Å². The minimum absolute atomic E-state index is 0.0282. The lowest BCUT2D eigenvalue weighted by atomic mass is 9.76. The Hall–Kier alpha value is -6.33. The smallest absolute Gasteiger partial charge is 0.137 e. The number of aromatic nitrogens is 2. The van der Waals surface area contributed by atoms with E-state index in [2.05, 4.69) is 215 Å². The zero-order valence-corrected chi connectivity index (χ0v) is 34.9. The molecule has 5 nitrogen and oxygen atoms in total. The molecule has 58 heavy (non-hydrogen) atoms. The number of fused-ring (bicyclic) bond motifs is 4. The standard InChI is InChI=1S/C53H52N4O/c1-51(2,3)37-19-14-20-39(31-37)55-35-56(46-25-13-12-24-45(46)55)40-21-15-22-41(33-40)58-42-27-28-43-48(34-42)57(49-32-38(29-30-54-49)52(4,5)6)47-26-16-23-44(50(43)47)53(7,8)36-17-10-9-11-18-36/h9-34H,35H2,1-8H3. The first-order valence-electron chi connectivity index (χ1n) is 20.4. The summed E-state index contributed by atoms with van der Waals surface area (Å²) in [6.07, 6.45) is 1.94. The van der Waals surface area contributed by atoms with E-state index in [1.807, 2.05) is 12.3 Å². The maximum absolute atomic E-state index is 6.80. The summed E-state index contributed by atoms with van der Waals surface area (Å²) >= 11 is 0. The zero-order chi connectivity index (χ0) is 40.4. The number of hydrogen-bond acceptors (Lipinski definition) is 4. The van der Waals surface area contributed by atoms with Crippen molar-refractivity contribution in [2.75, 3.05) is 16.5 Å². The first-order valence-corrected chi connectivity index (χ1v) is 20.4. The molecular weight excluding hydrogens is 709 g/mol. The van der Waals surface area contributed by atoms with Crippen LogP contribution in [0.15, 0.2) is 158 Å². The molecule has 0 saturated heterocycles. The van der Waals surface area contributed by atoms with Crippen molar-refractivity contribution in [1.29, 1.82) is 0 Å². The topological polar surface area (TPSA) is 33.5 Å². The molecule has 0 saturated carbocycles. The number of nitrogens with zero attached hydrogens (tertiary/aromatic N) is 4. The normalized spacial score (nSPS) is 13.4. The number of benzene rings is 6. The van der Waals surface area contributed by atoms with E-state index in [-0.39, 0.29) is 16.2 Å². The highest BCUT2D eigenvalue weighted by Crippen LogP contribution is 2.46. The fourth-order valence-electron chi connectivity index (χ4n) is 8.54. The highest BCUT2D eigenvalue weighted by atomic mass is 16.5. The van der Waals surface area contributed by atoms with Crippen LogP contribution in [0.1, 0.15) is 77.6 Å².